The highest BCUT2D eigenvalue weighted by atomic mass is 19.1. The van der Waals surface area contributed by atoms with Crippen molar-refractivity contribution < 1.29 is 18.7 Å². The van der Waals surface area contributed by atoms with Crippen LogP contribution in [-0.4, -0.2) is 11.0 Å². The van der Waals surface area contributed by atoms with Crippen LogP contribution in [0.1, 0.15) is 12.5 Å². The van der Waals surface area contributed by atoms with E-state index in [0.29, 0.717) is 0 Å². The average Bonchev–Trinajstić information content (AvgIpc) is 2.02. The Morgan fingerprint density at radius 3 is 2.21 bits per heavy atom. The Labute approximate surface area is 79.2 Å². The van der Waals surface area contributed by atoms with Gasteiger partial charge in [-0.1, -0.05) is 6.07 Å². The fraction of sp³-hybridized carbons (Fsp3) is 0.222. The number of hydrogen-bond donors (Lipinski definition) is 2. The quantitative estimate of drug-likeness (QED) is 0.738. The van der Waals surface area contributed by atoms with Gasteiger partial charge in [0.25, 0.3) is 5.91 Å². The summed E-state index contributed by atoms with van der Waals surface area (Å²) in [5.74, 6) is -3.22. The van der Waals surface area contributed by atoms with Crippen LogP contribution in [0.4, 0.5) is 8.78 Å². The Balaban J connectivity index is 3.38. The summed E-state index contributed by atoms with van der Waals surface area (Å²) in [6.45, 7) is 0.941. The minimum atomic E-state index is -2.34. The third kappa shape index (κ3) is 1.58. The molecule has 0 spiro atoms. The summed E-state index contributed by atoms with van der Waals surface area (Å²) >= 11 is 0. The maximum Gasteiger partial charge on any atom is 0.253 e. The molecule has 3 N–H and O–H groups in total. The van der Waals surface area contributed by atoms with E-state index in [1.807, 2.05) is 0 Å². The second-order valence-electron chi connectivity index (χ2n) is 3.03. The number of nitrogens with two attached hydrogens (primary N) is 1. The Kier molecular flexibility index (Phi) is 2.53. The zero-order chi connectivity index (χ0) is 10.9. The largest absolute Gasteiger partial charge is 0.375 e. The van der Waals surface area contributed by atoms with E-state index < -0.39 is 28.7 Å². The molecule has 1 rings (SSSR count). The van der Waals surface area contributed by atoms with Crippen molar-refractivity contribution >= 4 is 5.91 Å². The van der Waals surface area contributed by atoms with Crippen molar-refractivity contribution in [3.05, 3.63) is 35.4 Å². The predicted octanol–water partition coefficient (Wildman–Crippen LogP) is 0.658. The predicted molar refractivity (Wildman–Crippen MR) is 45.1 cm³/mol. The number of primary amides is 1. The third-order valence-corrected chi connectivity index (χ3v) is 1.93. The summed E-state index contributed by atoms with van der Waals surface area (Å²) < 4.78 is 26.2. The molecule has 0 radical (unpaired) electrons. The van der Waals surface area contributed by atoms with Crippen molar-refractivity contribution in [2.75, 3.05) is 0 Å². The maximum atomic E-state index is 13.1. The van der Waals surface area contributed by atoms with Gasteiger partial charge < -0.3 is 10.8 Å². The fourth-order valence-corrected chi connectivity index (χ4v) is 1.09. The van der Waals surface area contributed by atoms with E-state index in [2.05, 4.69) is 0 Å². The molecule has 14 heavy (non-hydrogen) atoms. The lowest BCUT2D eigenvalue weighted by Crippen LogP contribution is -2.39. The lowest BCUT2D eigenvalue weighted by atomic mass is 9.94. The monoisotopic (exact) mass is 201 g/mol. The molecule has 76 valence electrons. The van der Waals surface area contributed by atoms with Crippen LogP contribution in [0.5, 0.6) is 0 Å². The molecule has 1 unspecified atom stereocenters. The number of carbonyl (C=O) groups is 1. The SMILES string of the molecule is CC(O)(C(N)=O)c1c(F)cccc1F. The zero-order valence-corrected chi connectivity index (χ0v) is 7.42. The van der Waals surface area contributed by atoms with E-state index in [9.17, 15) is 18.7 Å². The van der Waals surface area contributed by atoms with Crippen LogP contribution in [0.15, 0.2) is 18.2 Å². The van der Waals surface area contributed by atoms with Crippen LogP contribution >= 0.6 is 0 Å². The molecule has 0 heterocycles. The van der Waals surface area contributed by atoms with Gasteiger partial charge in [-0.3, -0.25) is 4.79 Å². The molecule has 1 atom stereocenters. The number of aliphatic hydroxyl groups is 1. The first-order chi connectivity index (χ1) is 6.37. The van der Waals surface area contributed by atoms with Crippen molar-refractivity contribution in [1.82, 2.24) is 0 Å². The summed E-state index contributed by atoms with van der Waals surface area (Å²) in [6.07, 6.45) is 0. The highest BCUT2D eigenvalue weighted by Gasteiger charge is 2.35. The first kappa shape index (κ1) is 10.6. The number of benzene rings is 1. The van der Waals surface area contributed by atoms with Crippen LogP contribution in [-0.2, 0) is 10.4 Å². The molecule has 0 aliphatic heterocycles. The van der Waals surface area contributed by atoms with E-state index in [1.165, 1.54) is 0 Å². The highest BCUT2D eigenvalue weighted by molar-refractivity contribution is 5.84. The summed E-state index contributed by atoms with van der Waals surface area (Å²) in [4.78, 5) is 10.8. The summed E-state index contributed by atoms with van der Waals surface area (Å²) in [7, 11) is 0. The van der Waals surface area contributed by atoms with Crippen molar-refractivity contribution in [1.29, 1.82) is 0 Å². The van der Waals surface area contributed by atoms with Gasteiger partial charge in [-0.25, -0.2) is 8.78 Å². The zero-order valence-electron chi connectivity index (χ0n) is 7.42. The first-order valence-electron chi connectivity index (χ1n) is 3.84. The smallest absolute Gasteiger partial charge is 0.253 e. The molecule has 0 bridgehead atoms. The van der Waals surface area contributed by atoms with Crippen LogP contribution in [0.3, 0.4) is 0 Å². The number of hydrogen-bond acceptors (Lipinski definition) is 2. The van der Waals surface area contributed by atoms with E-state index in [-0.39, 0.29) is 0 Å². The van der Waals surface area contributed by atoms with E-state index in [4.69, 9.17) is 5.73 Å². The van der Waals surface area contributed by atoms with E-state index >= 15 is 0 Å². The molecular weight excluding hydrogens is 192 g/mol. The molecule has 1 aromatic carbocycles. The Bertz CT molecular complexity index is 357. The summed E-state index contributed by atoms with van der Waals surface area (Å²) in [6, 6.07) is 3.01. The molecule has 5 heteroatoms. The average molecular weight is 201 g/mol. The molecule has 1 aromatic rings. The fourth-order valence-electron chi connectivity index (χ4n) is 1.09. The molecule has 0 fully saturated rings. The van der Waals surface area contributed by atoms with Gasteiger partial charge in [-0.2, -0.15) is 0 Å². The summed E-state index contributed by atoms with van der Waals surface area (Å²) in [5.41, 5.74) is 1.75. The molecule has 0 aliphatic rings. The third-order valence-electron chi connectivity index (χ3n) is 1.93. The number of amides is 1. The van der Waals surface area contributed by atoms with E-state index in [1.54, 1.807) is 0 Å². The molecular formula is C9H9F2NO2. The van der Waals surface area contributed by atoms with Crippen LogP contribution in [0, 0.1) is 11.6 Å². The number of carbonyl (C=O) groups excluding carboxylic acids is 1. The minimum absolute atomic E-state index is 0.729. The van der Waals surface area contributed by atoms with Crippen LogP contribution in [0.25, 0.3) is 0 Å². The second-order valence-corrected chi connectivity index (χ2v) is 3.03. The van der Waals surface area contributed by atoms with Crippen molar-refractivity contribution in [3.63, 3.8) is 0 Å². The Morgan fingerprint density at radius 2 is 1.86 bits per heavy atom. The molecule has 0 saturated carbocycles. The van der Waals surface area contributed by atoms with Gasteiger partial charge in [0.1, 0.15) is 11.6 Å². The van der Waals surface area contributed by atoms with Crippen LogP contribution in [0.2, 0.25) is 0 Å². The van der Waals surface area contributed by atoms with Gasteiger partial charge in [-0.15, -0.1) is 0 Å². The minimum Gasteiger partial charge on any atom is -0.375 e. The van der Waals surface area contributed by atoms with Gasteiger partial charge in [0.05, 0.1) is 5.56 Å². The van der Waals surface area contributed by atoms with Crippen molar-refractivity contribution in [2.24, 2.45) is 5.73 Å². The molecule has 0 aromatic heterocycles. The lowest BCUT2D eigenvalue weighted by molar-refractivity contribution is -0.135. The molecule has 1 amide bonds. The van der Waals surface area contributed by atoms with Gasteiger partial charge in [0, 0.05) is 0 Å². The normalized spacial score (nSPS) is 14.9. The molecule has 0 saturated heterocycles. The molecule has 0 aliphatic carbocycles. The van der Waals surface area contributed by atoms with Crippen molar-refractivity contribution in [3.8, 4) is 0 Å². The molecule has 3 nitrogen and oxygen atoms in total. The first-order valence-corrected chi connectivity index (χ1v) is 3.84. The van der Waals surface area contributed by atoms with Gasteiger partial charge in [0.15, 0.2) is 5.60 Å². The van der Waals surface area contributed by atoms with Crippen LogP contribution < -0.4 is 5.73 Å². The standard InChI is InChI=1S/C9H9F2NO2/c1-9(14,8(12)13)7-5(10)3-2-4-6(7)11/h2-4,14H,1H3,(H2,12,13). The second kappa shape index (κ2) is 3.34. The van der Waals surface area contributed by atoms with Gasteiger partial charge >= 0.3 is 0 Å². The maximum absolute atomic E-state index is 13.1. The van der Waals surface area contributed by atoms with Gasteiger partial charge in [-0.05, 0) is 19.1 Å². The Hall–Kier alpha value is -1.49. The Morgan fingerprint density at radius 1 is 1.43 bits per heavy atom. The lowest BCUT2D eigenvalue weighted by Gasteiger charge is -2.20. The highest BCUT2D eigenvalue weighted by Crippen LogP contribution is 2.25. The topological polar surface area (TPSA) is 63.3 Å². The van der Waals surface area contributed by atoms with E-state index in [0.717, 1.165) is 25.1 Å². The number of halogens is 2. The number of rotatable bonds is 2. The van der Waals surface area contributed by atoms with Crippen molar-refractivity contribution in [2.45, 2.75) is 12.5 Å². The van der Waals surface area contributed by atoms with Gasteiger partial charge in [0.2, 0.25) is 0 Å². The summed E-state index contributed by atoms with van der Waals surface area (Å²) in [5, 5.41) is 9.47.